The van der Waals surface area contributed by atoms with Crippen LogP contribution >= 0.6 is 0 Å². The van der Waals surface area contributed by atoms with Gasteiger partial charge in [-0.3, -0.25) is 9.69 Å². The lowest BCUT2D eigenvalue weighted by Crippen LogP contribution is -2.34. The minimum absolute atomic E-state index is 0.413. The molecule has 0 saturated carbocycles. The SMILES string of the molecule is COCCN(CCC#N)CC(C)C(=O)O. The van der Waals surface area contributed by atoms with Crippen LogP contribution in [0.3, 0.4) is 0 Å². The van der Waals surface area contributed by atoms with Crippen molar-refractivity contribution in [3.8, 4) is 6.07 Å². The van der Waals surface area contributed by atoms with E-state index in [1.807, 2.05) is 11.0 Å². The van der Waals surface area contributed by atoms with E-state index in [-0.39, 0.29) is 0 Å². The molecule has 0 saturated heterocycles. The maximum atomic E-state index is 10.7. The number of nitrogens with zero attached hydrogens (tertiary/aromatic N) is 2. The first-order valence-electron chi connectivity index (χ1n) is 4.92. The Kier molecular flexibility index (Phi) is 7.60. The molecule has 0 aliphatic carbocycles. The standard InChI is InChI=1S/C10H18N2O3/c1-9(10(13)14)8-12(5-3-4-11)6-7-15-2/h9H,3,5-8H2,1-2H3,(H,13,14). The predicted octanol–water partition coefficient (Wildman–Crippen LogP) is 0.569. The fourth-order valence-electron chi connectivity index (χ4n) is 1.19. The maximum absolute atomic E-state index is 10.7. The predicted molar refractivity (Wildman–Crippen MR) is 55.3 cm³/mol. The Hall–Kier alpha value is -1.12. The highest BCUT2D eigenvalue weighted by molar-refractivity contribution is 5.69. The van der Waals surface area contributed by atoms with Gasteiger partial charge in [0.05, 0.1) is 18.6 Å². The van der Waals surface area contributed by atoms with Crippen LogP contribution in [0.1, 0.15) is 13.3 Å². The fraction of sp³-hybridized carbons (Fsp3) is 0.800. The number of hydrogen-bond acceptors (Lipinski definition) is 4. The molecule has 0 rings (SSSR count). The Balaban J connectivity index is 3.99. The smallest absolute Gasteiger partial charge is 0.307 e. The molecule has 0 bridgehead atoms. The Bertz CT molecular complexity index is 225. The van der Waals surface area contributed by atoms with Crippen LogP contribution < -0.4 is 0 Å². The third-order valence-corrected chi connectivity index (χ3v) is 2.11. The van der Waals surface area contributed by atoms with Gasteiger partial charge in [-0.15, -0.1) is 0 Å². The molecule has 15 heavy (non-hydrogen) atoms. The number of methoxy groups -OCH3 is 1. The summed E-state index contributed by atoms with van der Waals surface area (Å²) in [5, 5.41) is 17.2. The van der Waals surface area contributed by atoms with Gasteiger partial charge in [0.2, 0.25) is 0 Å². The van der Waals surface area contributed by atoms with Crippen molar-refractivity contribution in [2.45, 2.75) is 13.3 Å². The number of nitriles is 1. The molecule has 0 amide bonds. The molecular weight excluding hydrogens is 196 g/mol. The van der Waals surface area contributed by atoms with Crippen molar-refractivity contribution in [2.24, 2.45) is 5.92 Å². The lowest BCUT2D eigenvalue weighted by atomic mass is 10.1. The molecular formula is C10H18N2O3. The van der Waals surface area contributed by atoms with E-state index in [1.54, 1.807) is 14.0 Å². The summed E-state index contributed by atoms with van der Waals surface area (Å²) < 4.78 is 4.92. The van der Waals surface area contributed by atoms with Crippen molar-refractivity contribution in [3.05, 3.63) is 0 Å². The quantitative estimate of drug-likeness (QED) is 0.639. The maximum Gasteiger partial charge on any atom is 0.307 e. The molecule has 1 atom stereocenters. The Morgan fingerprint density at radius 3 is 2.73 bits per heavy atom. The molecule has 0 aromatic heterocycles. The van der Waals surface area contributed by atoms with Crippen LogP contribution in [0.5, 0.6) is 0 Å². The molecule has 5 heteroatoms. The van der Waals surface area contributed by atoms with E-state index in [9.17, 15) is 4.79 Å². The van der Waals surface area contributed by atoms with Crippen molar-refractivity contribution < 1.29 is 14.6 Å². The third-order valence-electron chi connectivity index (χ3n) is 2.11. The summed E-state index contributed by atoms with van der Waals surface area (Å²) in [7, 11) is 1.60. The van der Waals surface area contributed by atoms with Crippen LogP contribution in [0.2, 0.25) is 0 Å². The minimum atomic E-state index is -0.811. The molecule has 86 valence electrons. The lowest BCUT2D eigenvalue weighted by molar-refractivity contribution is -0.141. The number of hydrogen-bond donors (Lipinski definition) is 1. The first-order valence-corrected chi connectivity index (χ1v) is 4.92. The largest absolute Gasteiger partial charge is 0.481 e. The molecule has 0 aliphatic heterocycles. The number of ether oxygens (including phenoxy) is 1. The molecule has 0 aliphatic rings. The topological polar surface area (TPSA) is 73.6 Å². The van der Waals surface area contributed by atoms with Gasteiger partial charge in [0.15, 0.2) is 0 Å². The highest BCUT2D eigenvalue weighted by Crippen LogP contribution is 2.01. The van der Waals surface area contributed by atoms with Crippen molar-refractivity contribution in [3.63, 3.8) is 0 Å². The molecule has 0 radical (unpaired) electrons. The number of carbonyl (C=O) groups is 1. The summed E-state index contributed by atoms with van der Waals surface area (Å²) in [4.78, 5) is 12.6. The van der Waals surface area contributed by atoms with Crippen LogP contribution in [0, 0.1) is 17.2 Å². The van der Waals surface area contributed by atoms with E-state index in [4.69, 9.17) is 15.1 Å². The number of carboxylic acids is 1. The number of rotatable bonds is 8. The van der Waals surface area contributed by atoms with Gasteiger partial charge in [-0.25, -0.2) is 0 Å². The van der Waals surface area contributed by atoms with Crippen LogP contribution in [-0.2, 0) is 9.53 Å². The third kappa shape index (κ3) is 6.89. The van der Waals surface area contributed by atoms with Gasteiger partial charge < -0.3 is 9.84 Å². The van der Waals surface area contributed by atoms with E-state index >= 15 is 0 Å². The van der Waals surface area contributed by atoms with Gasteiger partial charge in [0.25, 0.3) is 0 Å². The zero-order valence-electron chi connectivity index (χ0n) is 9.27. The van der Waals surface area contributed by atoms with Crippen LogP contribution in [0.25, 0.3) is 0 Å². The second kappa shape index (κ2) is 8.21. The summed E-state index contributed by atoms with van der Waals surface area (Å²) in [5.41, 5.74) is 0. The Morgan fingerprint density at radius 1 is 1.60 bits per heavy atom. The number of carboxylic acid groups (broad SMARTS) is 1. The minimum Gasteiger partial charge on any atom is -0.481 e. The van der Waals surface area contributed by atoms with E-state index in [0.29, 0.717) is 32.7 Å². The average Bonchev–Trinajstić information content (AvgIpc) is 2.21. The van der Waals surface area contributed by atoms with E-state index < -0.39 is 11.9 Å². The van der Waals surface area contributed by atoms with E-state index in [2.05, 4.69) is 0 Å². The van der Waals surface area contributed by atoms with Gasteiger partial charge in [-0.1, -0.05) is 6.92 Å². The molecule has 0 fully saturated rings. The van der Waals surface area contributed by atoms with Crippen molar-refractivity contribution in [1.82, 2.24) is 4.90 Å². The van der Waals surface area contributed by atoms with Crippen LogP contribution in [-0.4, -0.2) is 49.3 Å². The highest BCUT2D eigenvalue weighted by Gasteiger charge is 2.15. The Morgan fingerprint density at radius 2 is 2.27 bits per heavy atom. The second-order valence-corrected chi connectivity index (χ2v) is 3.44. The lowest BCUT2D eigenvalue weighted by Gasteiger charge is -2.22. The van der Waals surface area contributed by atoms with E-state index in [0.717, 1.165) is 0 Å². The summed E-state index contributed by atoms with van der Waals surface area (Å²) in [6.45, 7) is 3.93. The van der Waals surface area contributed by atoms with Gasteiger partial charge in [-0.05, 0) is 0 Å². The van der Waals surface area contributed by atoms with Crippen molar-refractivity contribution >= 4 is 5.97 Å². The summed E-state index contributed by atoms with van der Waals surface area (Å²) in [6.07, 6.45) is 0.413. The van der Waals surface area contributed by atoms with Gasteiger partial charge in [0.1, 0.15) is 0 Å². The molecule has 1 unspecified atom stereocenters. The zero-order chi connectivity index (χ0) is 11.7. The van der Waals surface area contributed by atoms with Crippen LogP contribution in [0.15, 0.2) is 0 Å². The summed E-state index contributed by atoms with van der Waals surface area (Å²) in [6, 6.07) is 2.05. The monoisotopic (exact) mass is 214 g/mol. The van der Waals surface area contributed by atoms with Gasteiger partial charge in [-0.2, -0.15) is 5.26 Å². The summed E-state index contributed by atoms with van der Waals surface area (Å²) in [5.74, 6) is -1.23. The molecule has 1 N–H and O–H groups in total. The van der Waals surface area contributed by atoms with Gasteiger partial charge in [0, 0.05) is 33.2 Å². The molecule has 0 spiro atoms. The highest BCUT2D eigenvalue weighted by atomic mass is 16.5. The van der Waals surface area contributed by atoms with Gasteiger partial charge >= 0.3 is 5.97 Å². The Labute approximate surface area is 90.2 Å². The first kappa shape index (κ1) is 13.9. The van der Waals surface area contributed by atoms with E-state index in [1.165, 1.54) is 0 Å². The normalized spacial score (nSPS) is 12.4. The zero-order valence-corrected chi connectivity index (χ0v) is 9.27. The average molecular weight is 214 g/mol. The van der Waals surface area contributed by atoms with Crippen molar-refractivity contribution in [2.75, 3.05) is 33.4 Å². The second-order valence-electron chi connectivity index (χ2n) is 3.44. The summed E-state index contributed by atoms with van der Waals surface area (Å²) >= 11 is 0. The van der Waals surface area contributed by atoms with Crippen LogP contribution in [0.4, 0.5) is 0 Å². The molecule has 0 aromatic carbocycles. The number of aliphatic carboxylic acids is 1. The molecule has 5 nitrogen and oxygen atoms in total. The fourth-order valence-corrected chi connectivity index (χ4v) is 1.19. The molecule has 0 heterocycles. The molecule has 0 aromatic rings. The first-order chi connectivity index (χ1) is 7.11. The van der Waals surface area contributed by atoms with Crippen molar-refractivity contribution in [1.29, 1.82) is 5.26 Å².